The summed E-state index contributed by atoms with van der Waals surface area (Å²) in [6, 6.07) is 20.8. The van der Waals surface area contributed by atoms with Crippen LogP contribution in [0.2, 0.25) is 0 Å². The average Bonchev–Trinajstić information content (AvgIpc) is 3.02. The number of carbonyl (C=O) groups is 2. The maximum atomic E-state index is 13.9. The van der Waals surface area contributed by atoms with E-state index in [-0.39, 0.29) is 17.8 Å². The first-order valence-corrected chi connectivity index (χ1v) is 9.86. The molecule has 1 aliphatic rings. The molecule has 3 aromatic rings. The molecule has 5 nitrogen and oxygen atoms in total. The van der Waals surface area contributed by atoms with E-state index in [2.05, 4.69) is 11.4 Å². The van der Waals surface area contributed by atoms with E-state index >= 15 is 0 Å². The number of hydrogen-bond donors (Lipinski definition) is 1. The highest BCUT2D eigenvalue weighted by molar-refractivity contribution is 6.13. The summed E-state index contributed by atoms with van der Waals surface area (Å²) in [5.74, 6) is -0.249. The number of halogens is 1. The zero-order valence-electron chi connectivity index (χ0n) is 17.0. The van der Waals surface area contributed by atoms with Crippen LogP contribution in [0.3, 0.4) is 0 Å². The molecule has 1 heterocycles. The number of ether oxygens (including phenoxy) is 1. The van der Waals surface area contributed by atoms with E-state index in [1.807, 2.05) is 25.1 Å². The number of rotatable bonds is 6. The SMILES string of the molecule is Cc1cccc(COc2ccc(/C=C3\NC(=O)N(Cc4ccccc4F)C3=O)cc2)c1. The molecule has 0 aromatic heterocycles. The number of aryl methyl sites for hydroxylation is 1. The molecule has 4 rings (SSSR count). The van der Waals surface area contributed by atoms with Crippen molar-refractivity contribution in [3.63, 3.8) is 0 Å². The van der Waals surface area contributed by atoms with E-state index in [1.54, 1.807) is 48.5 Å². The number of imide groups is 1. The van der Waals surface area contributed by atoms with Crippen molar-refractivity contribution in [2.75, 3.05) is 0 Å². The Hall–Kier alpha value is -3.93. The molecule has 1 saturated heterocycles. The molecule has 0 spiro atoms. The van der Waals surface area contributed by atoms with Gasteiger partial charge >= 0.3 is 6.03 Å². The maximum absolute atomic E-state index is 13.9. The standard InChI is InChI=1S/C25H21FN2O3/c1-17-5-4-6-19(13-17)16-31-21-11-9-18(10-12-21)14-23-24(29)28(25(30)27-23)15-20-7-2-3-8-22(20)26/h2-14H,15-16H2,1H3,(H,27,30)/b23-14-. The Bertz CT molecular complexity index is 1160. The smallest absolute Gasteiger partial charge is 0.329 e. The third-order valence-electron chi connectivity index (χ3n) is 4.93. The van der Waals surface area contributed by atoms with Crippen molar-refractivity contribution in [2.24, 2.45) is 0 Å². The lowest BCUT2D eigenvalue weighted by Crippen LogP contribution is -2.30. The summed E-state index contributed by atoms with van der Waals surface area (Å²) in [6.07, 6.45) is 1.59. The number of hydrogen-bond acceptors (Lipinski definition) is 3. The highest BCUT2D eigenvalue weighted by Gasteiger charge is 2.33. The molecule has 3 amide bonds. The fraction of sp³-hybridized carbons (Fsp3) is 0.120. The van der Waals surface area contributed by atoms with Gasteiger partial charge in [0.05, 0.1) is 6.54 Å². The second-order valence-electron chi connectivity index (χ2n) is 7.32. The molecule has 0 radical (unpaired) electrons. The fourth-order valence-electron chi connectivity index (χ4n) is 3.31. The third-order valence-corrected chi connectivity index (χ3v) is 4.93. The molecule has 0 aliphatic carbocycles. The Labute approximate surface area is 179 Å². The van der Waals surface area contributed by atoms with Gasteiger partial charge in [-0.15, -0.1) is 0 Å². The van der Waals surface area contributed by atoms with Crippen LogP contribution in [-0.4, -0.2) is 16.8 Å². The van der Waals surface area contributed by atoms with Gasteiger partial charge in [-0.1, -0.05) is 60.2 Å². The topological polar surface area (TPSA) is 58.6 Å². The zero-order valence-corrected chi connectivity index (χ0v) is 17.0. The van der Waals surface area contributed by atoms with Crippen LogP contribution in [0.25, 0.3) is 6.08 Å². The van der Waals surface area contributed by atoms with Crippen LogP contribution in [0.4, 0.5) is 9.18 Å². The van der Waals surface area contributed by atoms with Gasteiger partial charge in [0.1, 0.15) is 23.9 Å². The second kappa shape index (κ2) is 8.83. The zero-order chi connectivity index (χ0) is 21.8. The highest BCUT2D eigenvalue weighted by atomic mass is 19.1. The second-order valence-corrected chi connectivity index (χ2v) is 7.32. The van der Waals surface area contributed by atoms with Gasteiger partial charge in [0, 0.05) is 5.56 Å². The molecule has 0 unspecified atom stereocenters. The number of nitrogens with one attached hydrogen (secondary N) is 1. The van der Waals surface area contributed by atoms with Crippen LogP contribution in [-0.2, 0) is 17.9 Å². The van der Waals surface area contributed by atoms with Crippen LogP contribution in [0.15, 0.2) is 78.5 Å². The van der Waals surface area contributed by atoms with E-state index in [0.717, 1.165) is 16.0 Å². The molecule has 1 N–H and O–H groups in total. The largest absolute Gasteiger partial charge is 0.489 e. The van der Waals surface area contributed by atoms with Gasteiger partial charge in [-0.25, -0.2) is 9.18 Å². The minimum Gasteiger partial charge on any atom is -0.489 e. The van der Waals surface area contributed by atoms with Gasteiger partial charge in [-0.2, -0.15) is 0 Å². The maximum Gasteiger partial charge on any atom is 0.329 e. The van der Waals surface area contributed by atoms with Crippen molar-refractivity contribution in [3.05, 3.63) is 107 Å². The lowest BCUT2D eigenvalue weighted by Gasteiger charge is -2.12. The monoisotopic (exact) mass is 416 g/mol. The quantitative estimate of drug-likeness (QED) is 0.464. The fourth-order valence-corrected chi connectivity index (χ4v) is 3.31. The molecular weight excluding hydrogens is 395 g/mol. The average molecular weight is 416 g/mol. The molecule has 1 fully saturated rings. The number of benzene rings is 3. The van der Waals surface area contributed by atoms with E-state index in [1.165, 1.54) is 11.6 Å². The van der Waals surface area contributed by atoms with Crippen molar-refractivity contribution < 1.29 is 18.7 Å². The van der Waals surface area contributed by atoms with Crippen LogP contribution in [0, 0.1) is 12.7 Å². The molecule has 0 saturated carbocycles. The van der Waals surface area contributed by atoms with Crippen molar-refractivity contribution in [3.8, 4) is 5.75 Å². The Morgan fingerprint density at radius 1 is 1.00 bits per heavy atom. The Morgan fingerprint density at radius 3 is 2.52 bits per heavy atom. The molecule has 31 heavy (non-hydrogen) atoms. The van der Waals surface area contributed by atoms with Crippen molar-refractivity contribution in [1.82, 2.24) is 10.2 Å². The van der Waals surface area contributed by atoms with Gasteiger partial charge in [0.15, 0.2) is 0 Å². The molecular formula is C25H21FN2O3. The summed E-state index contributed by atoms with van der Waals surface area (Å²) in [5, 5.41) is 2.55. The summed E-state index contributed by atoms with van der Waals surface area (Å²) in [5.41, 5.74) is 3.42. The first-order valence-electron chi connectivity index (χ1n) is 9.86. The van der Waals surface area contributed by atoms with Crippen molar-refractivity contribution >= 4 is 18.0 Å². The van der Waals surface area contributed by atoms with E-state index in [0.29, 0.717) is 12.4 Å². The summed E-state index contributed by atoms with van der Waals surface area (Å²) >= 11 is 0. The van der Waals surface area contributed by atoms with Crippen LogP contribution in [0.5, 0.6) is 5.75 Å². The minimum absolute atomic E-state index is 0.125. The Morgan fingerprint density at radius 2 is 1.77 bits per heavy atom. The summed E-state index contributed by atoms with van der Waals surface area (Å²) in [7, 11) is 0. The predicted molar refractivity (Wildman–Crippen MR) is 115 cm³/mol. The molecule has 0 atom stereocenters. The van der Waals surface area contributed by atoms with Crippen LogP contribution < -0.4 is 10.1 Å². The van der Waals surface area contributed by atoms with Crippen molar-refractivity contribution in [2.45, 2.75) is 20.1 Å². The Kier molecular flexibility index (Phi) is 5.80. The summed E-state index contributed by atoms with van der Waals surface area (Å²) in [6.45, 7) is 2.37. The predicted octanol–water partition coefficient (Wildman–Crippen LogP) is 4.81. The van der Waals surface area contributed by atoms with Gasteiger partial charge in [-0.05, 0) is 42.3 Å². The summed E-state index contributed by atoms with van der Waals surface area (Å²) < 4.78 is 19.7. The van der Waals surface area contributed by atoms with E-state index in [9.17, 15) is 14.0 Å². The molecule has 1 aliphatic heterocycles. The van der Waals surface area contributed by atoms with Gasteiger partial charge in [0.25, 0.3) is 5.91 Å². The minimum atomic E-state index is -0.572. The lowest BCUT2D eigenvalue weighted by molar-refractivity contribution is -0.123. The van der Waals surface area contributed by atoms with E-state index in [4.69, 9.17) is 4.74 Å². The van der Waals surface area contributed by atoms with Crippen LogP contribution in [0.1, 0.15) is 22.3 Å². The van der Waals surface area contributed by atoms with Gasteiger partial charge in [-0.3, -0.25) is 9.69 Å². The van der Waals surface area contributed by atoms with Crippen molar-refractivity contribution in [1.29, 1.82) is 0 Å². The summed E-state index contributed by atoms with van der Waals surface area (Å²) in [4.78, 5) is 25.8. The van der Waals surface area contributed by atoms with Gasteiger partial charge in [0.2, 0.25) is 0 Å². The number of amides is 3. The number of nitrogens with zero attached hydrogens (tertiary/aromatic N) is 1. The van der Waals surface area contributed by atoms with E-state index < -0.39 is 17.8 Å². The van der Waals surface area contributed by atoms with Gasteiger partial charge < -0.3 is 10.1 Å². The molecule has 3 aromatic carbocycles. The lowest BCUT2D eigenvalue weighted by atomic mass is 10.1. The highest BCUT2D eigenvalue weighted by Crippen LogP contribution is 2.20. The van der Waals surface area contributed by atoms with Crippen LogP contribution >= 0.6 is 0 Å². The Balaban J connectivity index is 1.42. The first kappa shape index (κ1) is 20.3. The third kappa shape index (κ3) is 4.80. The number of urea groups is 1. The normalized spacial score (nSPS) is 14.8. The molecule has 0 bridgehead atoms. The first-order chi connectivity index (χ1) is 15.0. The number of carbonyl (C=O) groups excluding carboxylic acids is 2. The molecule has 156 valence electrons. The molecule has 6 heteroatoms.